The van der Waals surface area contributed by atoms with Gasteiger partial charge in [0.1, 0.15) is 5.82 Å². The van der Waals surface area contributed by atoms with Crippen LogP contribution in [0, 0.1) is 6.92 Å². The van der Waals surface area contributed by atoms with Gasteiger partial charge in [-0.15, -0.1) is 0 Å². The first kappa shape index (κ1) is 12.5. The van der Waals surface area contributed by atoms with Gasteiger partial charge in [0.15, 0.2) is 0 Å². The molecular weight excluding hydrogens is 252 g/mol. The summed E-state index contributed by atoms with van der Waals surface area (Å²) in [5.74, 6) is 1.08. The van der Waals surface area contributed by atoms with Crippen molar-refractivity contribution in [3.05, 3.63) is 22.3 Å². The average Bonchev–Trinajstić information content (AvgIpc) is 2.18. The fourth-order valence-corrected chi connectivity index (χ4v) is 1.78. The Kier molecular flexibility index (Phi) is 4.58. The lowest BCUT2D eigenvalue weighted by atomic mass is 10.2. The SMILES string of the molecule is CCCN(c1cc(C)c(Br)cn1)C(C)C. The monoisotopic (exact) mass is 270 g/mol. The lowest BCUT2D eigenvalue weighted by Crippen LogP contribution is -2.32. The fourth-order valence-electron chi connectivity index (χ4n) is 1.56. The summed E-state index contributed by atoms with van der Waals surface area (Å²) in [5.41, 5.74) is 1.24. The second-order valence-electron chi connectivity index (χ2n) is 4.08. The molecule has 0 radical (unpaired) electrons. The first-order chi connectivity index (χ1) is 7.06. The fraction of sp³-hybridized carbons (Fsp3) is 0.583. The molecule has 0 saturated carbocycles. The van der Waals surface area contributed by atoms with E-state index in [1.54, 1.807) is 0 Å². The Labute approximate surface area is 101 Å². The Hall–Kier alpha value is -0.570. The number of hydrogen-bond acceptors (Lipinski definition) is 2. The molecule has 0 saturated heterocycles. The lowest BCUT2D eigenvalue weighted by Gasteiger charge is -2.27. The van der Waals surface area contributed by atoms with E-state index in [9.17, 15) is 0 Å². The van der Waals surface area contributed by atoms with Crippen LogP contribution >= 0.6 is 15.9 Å². The van der Waals surface area contributed by atoms with Gasteiger partial charge in [0.2, 0.25) is 0 Å². The van der Waals surface area contributed by atoms with E-state index in [2.05, 4.69) is 59.6 Å². The Morgan fingerprint density at radius 3 is 2.60 bits per heavy atom. The molecule has 0 aromatic carbocycles. The van der Waals surface area contributed by atoms with Gasteiger partial charge in [-0.05, 0) is 54.8 Å². The minimum Gasteiger partial charge on any atom is -0.354 e. The summed E-state index contributed by atoms with van der Waals surface area (Å²) in [6.07, 6.45) is 3.03. The van der Waals surface area contributed by atoms with Crippen LogP contribution < -0.4 is 4.90 Å². The van der Waals surface area contributed by atoms with Crippen LogP contribution in [0.15, 0.2) is 16.7 Å². The van der Waals surface area contributed by atoms with E-state index < -0.39 is 0 Å². The molecule has 1 heterocycles. The molecule has 0 fully saturated rings. The predicted molar refractivity (Wildman–Crippen MR) is 69.4 cm³/mol. The van der Waals surface area contributed by atoms with Gasteiger partial charge in [-0.25, -0.2) is 4.98 Å². The van der Waals surface area contributed by atoms with Gasteiger partial charge < -0.3 is 4.90 Å². The molecule has 1 aromatic rings. The van der Waals surface area contributed by atoms with E-state index >= 15 is 0 Å². The molecule has 0 atom stereocenters. The zero-order valence-electron chi connectivity index (χ0n) is 9.92. The summed E-state index contributed by atoms with van der Waals surface area (Å²) in [5, 5.41) is 0. The topological polar surface area (TPSA) is 16.1 Å². The van der Waals surface area contributed by atoms with Crippen LogP contribution in [0.2, 0.25) is 0 Å². The van der Waals surface area contributed by atoms with Gasteiger partial charge in [0.25, 0.3) is 0 Å². The van der Waals surface area contributed by atoms with Crippen LogP contribution in [-0.4, -0.2) is 17.6 Å². The standard InChI is InChI=1S/C12H19BrN2/c1-5-6-15(9(2)3)12-7-10(4)11(13)8-14-12/h7-9H,5-6H2,1-4H3. The van der Waals surface area contributed by atoms with Crippen molar-refractivity contribution in [2.24, 2.45) is 0 Å². The molecule has 0 spiro atoms. The highest BCUT2D eigenvalue weighted by molar-refractivity contribution is 9.10. The summed E-state index contributed by atoms with van der Waals surface area (Å²) in [6.45, 7) is 9.76. The zero-order chi connectivity index (χ0) is 11.4. The number of hydrogen-bond donors (Lipinski definition) is 0. The van der Waals surface area contributed by atoms with Crippen molar-refractivity contribution < 1.29 is 0 Å². The first-order valence-corrected chi connectivity index (χ1v) is 6.24. The Morgan fingerprint density at radius 1 is 1.47 bits per heavy atom. The van der Waals surface area contributed by atoms with Crippen molar-refractivity contribution in [1.82, 2.24) is 4.98 Å². The minimum absolute atomic E-state index is 0.498. The summed E-state index contributed by atoms with van der Waals surface area (Å²) in [6, 6.07) is 2.64. The Morgan fingerprint density at radius 2 is 2.13 bits per heavy atom. The van der Waals surface area contributed by atoms with E-state index in [1.807, 2.05) is 6.20 Å². The van der Waals surface area contributed by atoms with Crippen LogP contribution in [-0.2, 0) is 0 Å². The number of aromatic nitrogens is 1. The molecule has 0 aliphatic carbocycles. The first-order valence-electron chi connectivity index (χ1n) is 5.45. The molecule has 0 aliphatic heterocycles. The third-order valence-electron chi connectivity index (χ3n) is 2.41. The van der Waals surface area contributed by atoms with Gasteiger partial charge in [-0.1, -0.05) is 6.92 Å². The number of rotatable bonds is 4. The second kappa shape index (κ2) is 5.50. The highest BCUT2D eigenvalue weighted by Gasteiger charge is 2.11. The minimum atomic E-state index is 0.498. The third-order valence-corrected chi connectivity index (χ3v) is 3.24. The van der Waals surface area contributed by atoms with E-state index in [4.69, 9.17) is 0 Å². The molecule has 0 amide bonds. The molecule has 0 bridgehead atoms. The third kappa shape index (κ3) is 3.20. The Balaban J connectivity index is 2.95. The van der Waals surface area contributed by atoms with Crippen LogP contribution in [0.5, 0.6) is 0 Å². The van der Waals surface area contributed by atoms with Crippen molar-refractivity contribution >= 4 is 21.7 Å². The quantitative estimate of drug-likeness (QED) is 0.828. The van der Waals surface area contributed by atoms with Gasteiger partial charge in [-0.2, -0.15) is 0 Å². The second-order valence-corrected chi connectivity index (χ2v) is 4.93. The highest BCUT2D eigenvalue weighted by atomic mass is 79.9. The molecule has 84 valence electrons. The van der Waals surface area contributed by atoms with Crippen molar-refractivity contribution in [3.63, 3.8) is 0 Å². The predicted octanol–water partition coefficient (Wildman–Crippen LogP) is 3.78. The van der Waals surface area contributed by atoms with E-state index in [-0.39, 0.29) is 0 Å². The van der Waals surface area contributed by atoms with Crippen molar-refractivity contribution in [2.45, 2.75) is 40.2 Å². The molecule has 15 heavy (non-hydrogen) atoms. The van der Waals surface area contributed by atoms with Gasteiger partial charge in [-0.3, -0.25) is 0 Å². The molecule has 0 aliphatic rings. The molecular formula is C12H19BrN2. The Bertz CT molecular complexity index is 323. The normalized spacial score (nSPS) is 10.8. The molecule has 1 aromatic heterocycles. The smallest absolute Gasteiger partial charge is 0.129 e. The molecule has 1 rings (SSSR count). The van der Waals surface area contributed by atoms with Crippen molar-refractivity contribution in [2.75, 3.05) is 11.4 Å². The summed E-state index contributed by atoms with van der Waals surface area (Å²) in [4.78, 5) is 6.79. The largest absolute Gasteiger partial charge is 0.354 e. The number of nitrogens with zero attached hydrogens (tertiary/aromatic N) is 2. The van der Waals surface area contributed by atoms with E-state index in [0.29, 0.717) is 6.04 Å². The molecule has 2 nitrogen and oxygen atoms in total. The lowest BCUT2D eigenvalue weighted by molar-refractivity contribution is 0.662. The summed E-state index contributed by atoms with van der Waals surface area (Å²) in [7, 11) is 0. The van der Waals surface area contributed by atoms with E-state index in [1.165, 1.54) is 5.56 Å². The maximum atomic E-state index is 4.46. The molecule has 0 unspecified atom stereocenters. The van der Waals surface area contributed by atoms with E-state index in [0.717, 1.165) is 23.3 Å². The zero-order valence-corrected chi connectivity index (χ0v) is 11.5. The van der Waals surface area contributed by atoms with Crippen LogP contribution in [0.1, 0.15) is 32.8 Å². The average molecular weight is 271 g/mol. The number of pyridine rings is 1. The van der Waals surface area contributed by atoms with Gasteiger partial charge in [0, 0.05) is 23.3 Å². The van der Waals surface area contributed by atoms with Crippen LogP contribution in [0.3, 0.4) is 0 Å². The summed E-state index contributed by atoms with van der Waals surface area (Å²) >= 11 is 3.47. The number of aryl methyl sites for hydroxylation is 1. The molecule has 3 heteroatoms. The van der Waals surface area contributed by atoms with Crippen LogP contribution in [0.4, 0.5) is 5.82 Å². The van der Waals surface area contributed by atoms with Gasteiger partial charge in [0.05, 0.1) is 0 Å². The van der Waals surface area contributed by atoms with Crippen molar-refractivity contribution in [3.8, 4) is 0 Å². The van der Waals surface area contributed by atoms with Crippen molar-refractivity contribution in [1.29, 1.82) is 0 Å². The highest BCUT2D eigenvalue weighted by Crippen LogP contribution is 2.21. The summed E-state index contributed by atoms with van der Waals surface area (Å²) < 4.78 is 1.08. The molecule has 0 N–H and O–H groups in total. The van der Waals surface area contributed by atoms with Gasteiger partial charge >= 0.3 is 0 Å². The van der Waals surface area contributed by atoms with Crippen LogP contribution in [0.25, 0.3) is 0 Å². The number of halogens is 1. The maximum Gasteiger partial charge on any atom is 0.129 e. The maximum absolute atomic E-state index is 4.46. The number of anilines is 1.